The molecule has 132 valence electrons. The SMILES string of the molecule is COCCN1C(=O)CC2C1CCN2S(=O)(=O)c1ccc(OC)cc1. The third kappa shape index (κ3) is 2.89. The van der Waals surface area contributed by atoms with Crippen molar-refractivity contribution in [3.63, 3.8) is 0 Å². The molecule has 2 fully saturated rings. The first-order valence-electron chi connectivity index (χ1n) is 7.93. The number of fused-ring (bicyclic) bond motifs is 1. The molecule has 1 aromatic carbocycles. The molecule has 7 nitrogen and oxygen atoms in total. The van der Waals surface area contributed by atoms with E-state index in [0.717, 1.165) is 0 Å². The zero-order valence-corrected chi connectivity index (χ0v) is 14.7. The Kier molecular flexibility index (Phi) is 4.80. The molecule has 0 N–H and O–H groups in total. The minimum absolute atomic E-state index is 0.00307. The molecule has 0 spiro atoms. The van der Waals surface area contributed by atoms with Gasteiger partial charge in [-0.25, -0.2) is 8.42 Å². The Morgan fingerprint density at radius 1 is 1.17 bits per heavy atom. The molecule has 2 heterocycles. The summed E-state index contributed by atoms with van der Waals surface area (Å²) in [6.45, 7) is 1.40. The lowest BCUT2D eigenvalue weighted by Gasteiger charge is -2.25. The molecule has 0 aromatic heterocycles. The van der Waals surface area contributed by atoms with Crippen LogP contribution in [0.3, 0.4) is 0 Å². The molecule has 2 saturated heterocycles. The highest BCUT2D eigenvalue weighted by molar-refractivity contribution is 7.89. The molecular formula is C16H22N2O5S. The lowest BCUT2D eigenvalue weighted by Crippen LogP contribution is -2.40. The van der Waals surface area contributed by atoms with E-state index in [1.54, 1.807) is 36.3 Å². The fourth-order valence-corrected chi connectivity index (χ4v) is 5.22. The lowest BCUT2D eigenvalue weighted by molar-refractivity contribution is -0.129. The van der Waals surface area contributed by atoms with Gasteiger partial charge >= 0.3 is 0 Å². The highest BCUT2D eigenvalue weighted by Crippen LogP contribution is 2.36. The predicted octanol–water partition coefficient (Wildman–Crippen LogP) is 0.706. The molecule has 1 amide bonds. The van der Waals surface area contributed by atoms with Gasteiger partial charge in [0.2, 0.25) is 15.9 Å². The average molecular weight is 354 g/mol. The van der Waals surface area contributed by atoms with E-state index in [2.05, 4.69) is 0 Å². The van der Waals surface area contributed by atoms with Crippen molar-refractivity contribution in [2.45, 2.75) is 29.8 Å². The van der Waals surface area contributed by atoms with Crippen LogP contribution in [0.25, 0.3) is 0 Å². The molecule has 1 aromatic rings. The lowest BCUT2D eigenvalue weighted by atomic mass is 10.1. The largest absolute Gasteiger partial charge is 0.497 e. The minimum Gasteiger partial charge on any atom is -0.497 e. The minimum atomic E-state index is -3.62. The molecular weight excluding hydrogens is 332 g/mol. The maximum atomic E-state index is 12.9. The van der Waals surface area contributed by atoms with Gasteiger partial charge in [-0.2, -0.15) is 4.31 Å². The predicted molar refractivity (Wildman–Crippen MR) is 87.3 cm³/mol. The molecule has 24 heavy (non-hydrogen) atoms. The summed E-state index contributed by atoms with van der Waals surface area (Å²) in [5, 5.41) is 0. The molecule has 0 aliphatic carbocycles. The zero-order chi connectivity index (χ0) is 17.3. The Hall–Kier alpha value is -1.64. The van der Waals surface area contributed by atoms with Crippen LogP contribution in [0.1, 0.15) is 12.8 Å². The first-order chi connectivity index (χ1) is 11.5. The highest BCUT2D eigenvalue weighted by Gasteiger charge is 2.50. The van der Waals surface area contributed by atoms with Gasteiger partial charge in [0.15, 0.2) is 0 Å². The molecule has 2 atom stereocenters. The summed E-state index contributed by atoms with van der Waals surface area (Å²) in [6, 6.07) is 6.00. The van der Waals surface area contributed by atoms with E-state index in [1.807, 2.05) is 0 Å². The van der Waals surface area contributed by atoms with Crippen LogP contribution in [0.2, 0.25) is 0 Å². The van der Waals surface area contributed by atoms with Crippen LogP contribution in [0.15, 0.2) is 29.2 Å². The van der Waals surface area contributed by atoms with E-state index >= 15 is 0 Å². The van der Waals surface area contributed by atoms with Gasteiger partial charge in [-0.15, -0.1) is 0 Å². The number of sulfonamides is 1. The number of nitrogens with zero attached hydrogens (tertiary/aromatic N) is 2. The number of benzene rings is 1. The van der Waals surface area contributed by atoms with Crippen LogP contribution in [-0.4, -0.2) is 69.5 Å². The van der Waals surface area contributed by atoms with Crippen molar-refractivity contribution in [3.05, 3.63) is 24.3 Å². The number of carbonyl (C=O) groups excluding carboxylic acids is 1. The van der Waals surface area contributed by atoms with Gasteiger partial charge < -0.3 is 14.4 Å². The Morgan fingerprint density at radius 2 is 1.88 bits per heavy atom. The second-order valence-electron chi connectivity index (χ2n) is 6.00. The topological polar surface area (TPSA) is 76.2 Å². The van der Waals surface area contributed by atoms with E-state index in [0.29, 0.717) is 31.9 Å². The molecule has 2 unspecified atom stereocenters. The van der Waals surface area contributed by atoms with E-state index in [4.69, 9.17) is 9.47 Å². The van der Waals surface area contributed by atoms with Crippen molar-refractivity contribution in [1.82, 2.24) is 9.21 Å². The van der Waals surface area contributed by atoms with Gasteiger partial charge in [0, 0.05) is 26.6 Å². The Bertz CT molecular complexity index is 704. The van der Waals surface area contributed by atoms with Crippen LogP contribution >= 0.6 is 0 Å². The fraction of sp³-hybridized carbons (Fsp3) is 0.562. The molecule has 2 aliphatic heterocycles. The second-order valence-corrected chi connectivity index (χ2v) is 7.89. The summed E-state index contributed by atoms with van der Waals surface area (Å²) >= 11 is 0. The van der Waals surface area contributed by atoms with Crippen LogP contribution in [0.5, 0.6) is 5.75 Å². The summed E-state index contributed by atoms with van der Waals surface area (Å²) in [7, 11) is -0.492. The first kappa shape index (κ1) is 17.2. The molecule has 3 rings (SSSR count). The van der Waals surface area contributed by atoms with E-state index < -0.39 is 10.0 Å². The Balaban J connectivity index is 1.81. The van der Waals surface area contributed by atoms with Crippen LogP contribution in [-0.2, 0) is 19.6 Å². The van der Waals surface area contributed by atoms with Crippen LogP contribution < -0.4 is 4.74 Å². The molecule has 0 bridgehead atoms. The van der Waals surface area contributed by atoms with Gasteiger partial charge in [-0.3, -0.25) is 4.79 Å². The smallest absolute Gasteiger partial charge is 0.243 e. The van der Waals surface area contributed by atoms with Gasteiger partial charge in [0.25, 0.3) is 0 Å². The number of rotatable bonds is 6. The van der Waals surface area contributed by atoms with Crippen molar-refractivity contribution < 1.29 is 22.7 Å². The zero-order valence-electron chi connectivity index (χ0n) is 13.8. The number of hydrogen-bond acceptors (Lipinski definition) is 5. The summed E-state index contributed by atoms with van der Waals surface area (Å²) in [5.74, 6) is 0.603. The quantitative estimate of drug-likeness (QED) is 0.752. The Morgan fingerprint density at radius 3 is 2.50 bits per heavy atom. The maximum absolute atomic E-state index is 12.9. The van der Waals surface area contributed by atoms with Gasteiger partial charge in [0.05, 0.1) is 30.7 Å². The third-order valence-electron chi connectivity index (χ3n) is 4.77. The van der Waals surface area contributed by atoms with Crippen molar-refractivity contribution in [1.29, 1.82) is 0 Å². The van der Waals surface area contributed by atoms with Crippen molar-refractivity contribution in [2.75, 3.05) is 33.9 Å². The standard InChI is InChI=1S/C16H22N2O5S/c1-22-10-9-17-14-7-8-18(15(14)11-16(17)19)24(20,21)13-5-3-12(23-2)4-6-13/h3-6,14-15H,7-11H2,1-2H3. The summed E-state index contributed by atoms with van der Waals surface area (Å²) in [5.41, 5.74) is 0. The summed E-state index contributed by atoms with van der Waals surface area (Å²) < 4.78 is 37.5. The maximum Gasteiger partial charge on any atom is 0.243 e. The van der Waals surface area contributed by atoms with E-state index in [9.17, 15) is 13.2 Å². The number of methoxy groups -OCH3 is 2. The average Bonchev–Trinajstić information content (AvgIpc) is 3.11. The normalized spacial score (nSPS) is 24.4. The molecule has 8 heteroatoms. The number of hydrogen-bond donors (Lipinski definition) is 0. The number of amides is 1. The summed E-state index contributed by atoms with van der Waals surface area (Å²) in [6.07, 6.45) is 0.902. The number of likely N-dealkylation sites (tertiary alicyclic amines) is 1. The van der Waals surface area contributed by atoms with Gasteiger partial charge in [0.1, 0.15) is 5.75 Å². The highest BCUT2D eigenvalue weighted by atomic mass is 32.2. The number of ether oxygens (including phenoxy) is 2. The van der Waals surface area contributed by atoms with Crippen LogP contribution in [0, 0.1) is 0 Å². The Labute approximate surface area is 142 Å². The molecule has 2 aliphatic rings. The van der Waals surface area contributed by atoms with Gasteiger partial charge in [-0.05, 0) is 30.7 Å². The number of carbonyl (C=O) groups is 1. The van der Waals surface area contributed by atoms with E-state index in [-0.39, 0.29) is 29.3 Å². The monoisotopic (exact) mass is 354 g/mol. The van der Waals surface area contributed by atoms with Gasteiger partial charge in [-0.1, -0.05) is 0 Å². The summed E-state index contributed by atoms with van der Waals surface area (Å²) in [4.78, 5) is 14.2. The van der Waals surface area contributed by atoms with Crippen molar-refractivity contribution in [2.24, 2.45) is 0 Å². The third-order valence-corrected chi connectivity index (χ3v) is 6.70. The second kappa shape index (κ2) is 6.70. The van der Waals surface area contributed by atoms with Crippen molar-refractivity contribution in [3.8, 4) is 5.75 Å². The van der Waals surface area contributed by atoms with Crippen molar-refractivity contribution >= 4 is 15.9 Å². The molecule has 0 radical (unpaired) electrons. The van der Waals surface area contributed by atoms with E-state index in [1.165, 1.54) is 11.4 Å². The van der Waals surface area contributed by atoms with Crippen LogP contribution in [0.4, 0.5) is 0 Å². The fourth-order valence-electron chi connectivity index (χ4n) is 3.55. The molecule has 0 saturated carbocycles. The first-order valence-corrected chi connectivity index (χ1v) is 9.37.